The Hall–Kier alpha value is -1.83. The van der Waals surface area contributed by atoms with E-state index in [9.17, 15) is 4.79 Å². The highest BCUT2D eigenvalue weighted by molar-refractivity contribution is 5.71. The number of hydrogen-bond donors (Lipinski definition) is 1. The summed E-state index contributed by atoms with van der Waals surface area (Å²) in [5, 5.41) is 9.02. The van der Waals surface area contributed by atoms with Gasteiger partial charge in [0, 0.05) is 0 Å². The number of ether oxygens (including phenoxy) is 1. The molecule has 0 aliphatic heterocycles. The van der Waals surface area contributed by atoms with Crippen LogP contribution in [-0.2, 0) is 16.1 Å². The lowest BCUT2D eigenvalue weighted by Gasteiger charge is -2.08. The average molecular weight is 359 g/mol. The van der Waals surface area contributed by atoms with E-state index in [2.05, 4.69) is 12.7 Å². The third kappa shape index (κ3) is 10.9. The van der Waals surface area contributed by atoms with Crippen molar-refractivity contribution in [2.24, 2.45) is 5.92 Å². The summed E-state index contributed by atoms with van der Waals surface area (Å²) >= 11 is 0. The molecular formula is C23H34O3. The molecule has 1 N–H and O–H groups in total. The standard InChI is InChI=1S/C23H34O3/c1-3-4-5-6-7-8-10-15-22(17-16-20(2)23(24)25)19-26-18-21-13-11-9-12-14-21/h9,11-14,16,20H,3-8,10,15,18-19H2,1-2H3,(H,24,25)/t17?,20-/m1/s1. The maximum absolute atomic E-state index is 11.0. The van der Waals surface area contributed by atoms with Gasteiger partial charge >= 0.3 is 5.97 Å². The van der Waals surface area contributed by atoms with Gasteiger partial charge in [-0.2, -0.15) is 0 Å². The first-order chi connectivity index (χ1) is 12.6. The van der Waals surface area contributed by atoms with Gasteiger partial charge in [-0.15, -0.1) is 5.73 Å². The minimum Gasteiger partial charge on any atom is -0.481 e. The normalized spacial score (nSPS) is 11.6. The second-order valence-corrected chi connectivity index (χ2v) is 6.89. The van der Waals surface area contributed by atoms with Crippen molar-refractivity contribution in [1.82, 2.24) is 0 Å². The highest BCUT2D eigenvalue weighted by Gasteiger charge is 2.06. The van der Waals surface area contributed by atoms with Gasteiger partial charge < -0.3 is 9.84 Å². The van der Waals surface area contributed by atoms with Crippen LogP contribution in [0.4, 0.5) is 0 Å². The molecule has 0 aliphatic rings. The van der Waals surface area contributed by atoms with E-state index in [1.54, 1.807) is 13.0 Å². The number of aliphatic carboxylic acids is 1. The lowest BCUT2D eigenvalue weighted by atomic mass is 10.0. The molecule has 3 nitrogen and oxygen atoms in total. The molecule has 0 heterocycles. The number of hydrogen-bond acceptors (Lipinski definition) is 2. The Morgan fingerprint density at radius 1 is 1.12 bits per heavy atom. The minimum atomic E-state index is -0.821. The van der Waals surface area contributed by atoms with E-state index in [1.807, 2.05) is 30.3 Å². The van der Waals surface area contributed by atoms with Crippen molar-refractivity contribution in [3.63, 3.8) is 0 Å². The lowest BCUT2D eigenvalue weighted by molar-refractivity contribution is -0.139. The van der Waals surface area contributed by atoms with Crippen LogP contribution < -0.4 is 0 Å². The summed E-state index contributed by atoms with van der Waals surface area (Å²) < 4.78 is 5.82. The molecule has 0 bridgehead atoms. The van der Waals surface area contributed by atoms with Gasteiger partial charge in [0.25, 0.3) is 0 Å². The molecule has 144 valence electrons. The molecule has 0 saturated heterocycles. The van der Waals surface area contributed by atoms with Crippen LogP contribution in [0.15, 0.2) is 47.7 Å². The number of carboxylic acids is 1. The van der Waals surface area contributed by atoms with Crippen LogP contribution in [0.25, 0.3) is 0 Å². The summed E-state index contributed by atoms with van der Waals surface area (Å²) in [6.45, 7) is 4.98. The van der Waals surface area contributed by atoms with Crippen LogP contribution in [0.5, 0.6) is 0 Å². The van der Waals surface area contributed by atoms with Gasteiger partial charge in [-0.1, -0.05) is 75.8 Å². The molecule has 0 fully saturated rings. The van der Waals surface area contributed by atoms with Gasteiger partial charge in [0.1, 0.15) is 0 Å². The van der Waals surface area contributed by atoms with E-state index >= 15 is 0 Å². The molecule has 26 heavy (non-hydrogen) atoms. The van der Waals surface area contributed by atoms with E-state index in [-0.39, 0.29) is 0 Å². The number of unbranched alkanes of at least 4 members (excludes halogenated alkanes) is 6. The van der Waals surface area contributed by atoms with Crippen molar-refractivity contribution in [3.05, 3.63) is 53.3 Å². The quantitative estimate of drug-likeness (QED) is 0.321. The van der Waals surface area contributed by atoms with E-state index in [1.165, 1.54) is 38.5 Å². The van der Waals surface area contributed by atoms with Crippen LogP contribution in [0.1, 0.15) is 70.8 Å². The fourth-order valence-electron chi connectivity index (χ4n) is 2.66. The van der Waals surface area contributed by atoms with Gasteiger partial charge in [-0.3, -0.25) is 4.79 Å². The molecule has 0 aromatic heterocycles. The fourth-order valence-corrected chi connectivity index (χ4v) is 2.66. The second-order valence-electron chi connectivity index (χ2n) is 6.89. The smallest absolute Gasteiger partial charge is 0.310 e. The molecule has 0 amide bonds. The van der Waals surface area contributed by atoms with Crippen molar-refractivity contribution < 1.29 is 14.6 Å². The number of benzene rings is 1. The molecule has 0 aliphatic carbocycles. The Kier molecular flexibility index (Phi) is 12.3. The predicted octanol–water partition coefficient (Wildman–Crippen LogP) is 6.15. The fraction of sp³-hybridized carbons (Fsp3) is 0.565. The van der Waals surface area contributed by atoms with E-state index in [0.29, 0.717) is 13.2 Å². The summed E-state index contributed by atoms with van der Waals surface area (Å²) in [6.07, 6.45) is 11.4. The molecule has 3 heteroatoms. The topological polar surface area (TPSA) is 46.5 Å². The van der Waals surface area contributed by atoms with Gasteiger partial charge in [0.15, 0.2) is 0 Å². The van der Waals surface area contributed by atoms with Crippen LogP contribution in [0, 0.1) is 5.92 Å². The first-order valence-corrected chi connectivity index (χ1v) is 9.92. The van der Waals surface area contributed by atoms with Crippen molar-refractivity contribution >= 4 is 5.97 Å². The third-order valence-corrected chi connectivity index (χ3v) is 4.40. The number of carbonyl (C=O) groups is 1. The van der Waals surface area contributed by atoms with Crippen LogP contribution >= 0.6 is 0 Å². The van der Waals surface area contributed by atoms with Crippen LogP contribution in [-0.4, -0.2) is 17.7 Å². The maximum atomic E-state index is 11.0. The average Bonchev–Trinajstić information content (AvgIpc) is 2.65. The van der Waals surface area contributed by atoms with Crippen LogP contribution in [0.2, 0.25) is 0 Å². The third-order valence-electron chi connectivity index (χ3n) is 4.40. The van der Waals surface area contributed by atoms with Crippen molar-refractivity contribution in [2.45, 2.75) is 71.8 Å². The first kappa shape index (κ1) is 22.2. The molecule has 1 rings (SSSR count). The van der Waals surface area contributed by atoms with Gasteiger partial charge in [-0.25, -0.2) is 0 Å². The van der Waals surface area contributed by atoms with Crippen LogP contribution in [0.3, 0.4) is 0 Å². The molecule has 1 aromatic carbocycles. The van der Waals surface area contributed by atoms with Crippen molar-refractivity contribution in [2.75, 3.05) is 6.61 Å². The Morgan fingerprint density at radius 2 is 1.77 bits per heavy atom. The summed E-state index contributed by atoms with van der Waals surface area (Å²) in [5.41, 5.74) is 5.39. The zero-order valence-corrected chi connectivity index (χ0v) is 16.4. The summed E-state index contributed by atoms with van der Waals surface area (Å²) in [5.74, 6) is -1.34. The largest absolute Gasteiger partial charge is 0.481 e. The highest BCUT2D eigenvalue weighted by Crippen LogP contribution is 2.13. The SMILES string of the molecule is CCCCCCCCCC(=C=C[C@@H](C)C(=O)O)COCc1ccccc1. The first-order valence-electron chi connectivity index (χ1n) is 9.92. The highest BCUT2D eigenvalue weighted by atomic mass is 16.5. The van der Waals surface area contributed by atoms with E-state index in [4.69, 9.17) is 9.84 Å². The van der Waals surface area contributed by atoms with Crippen molar-refractivity contribution in [3.8, 4) is 0 Å². The molecule has 0 radical (unpaired) electrons. The second kappa shape index (κ2) is 14.4. The molecule has 1 atom stereocenters. The van der Waals surface area contributed by atoms with Gasteiger partial charge in [-0.05, 0) is 37.0 Å². The molecular weight excluding hydrogens is 324 g/mol. The summed E-state index contributed by atoms with van der Waals surface area (Å²) in [7, 11) is 0. The Morgan fingerprint density at radius 3 is 2.42 bits per heavy atom. The predicted molar refractivity (Wildman–Crippen MR) is 107 cm³/mol. The zero-order valence-electron chi connectivity index (χ0n) is 16.4. The Labute approximate surface area is 158 Å². The zero-order chi connectivity index (χ0) is 19.0. The Balaban J connectivity index is 2.45. The molecule has 0 spiro atoms. The Bertz CT molecular complexity index is 556. The molecule has 0 saturated carbocycles. The number of rotatable bonds is 14. The van der Waals surface area contributed by atoms with E-state index < -0.39 is 11.9 Å². The lowest BCUT2D eigenvalue weighted by Crippen LogP contribution is -2.05. The van der Waals surface area contributed by atoms with E-state index in [0.717, 1.165) is 24.0 Å². The summed E-state index contributed by atoms with van der Waals surface area (Å²) in [6, 6.07) is 10.1. The van der Waals surface area contributed by atoms with Gasteiger partial charge in [0.05, 0.1) is 19.1 Å². The number of carboxylic acid groups (broad SMARTS) is 1. The maximum Gasteiger partial charge on any atom is 0.310 e. The molecule has 1 aromatic rings. The monoisotopic (exact) mass is 358 g/mol. The summed E-state index contributed by atoms with van der Waals surface area (Å²) in [4.78, 5) is 11.0. The molecule has 0 unspecified atom stereocenters. The minimum absolute atomic E-state index is 0.508. The van der Waals surface area contributed by atoms with Gasteiger partial charge in [0.2, 0.25) is 0 Å². The van der Waals surface area contributed by atoms with Crippen molar-refractivity contribution in [1.29, 1.82) is 0 Å².